The number of benzene rings is 1. The lowest BCUT2D eigenvalue weighted by molar-refractivity contribution is -0.137. The minimum absolute atomic E-state index is 0.0689. The number of hydrogen-bond acceptors (Lipinski definition) is 2. The topological polar surface area (TPSA) is 43.3 Å². The first-order chi connectivity index (χ1) is 10.8. The summed E-state index contributed by atoms with van der Waals surface area (Å²) in [5.74, 6) is 0. The van der Waals surface area contributed by atoms with E-state index in [1.165, 1.54) is 10.5 Å². The summed E-state index contributed by atoms with van der Waals surface area (Å²) in [5, 5.41) is 0.617. The van der Waals surface area contributed by atoms with E-state index in [2.05, 4.69) is 4.98 Å². The molecule has 0 aliphatic carbocycles. The van der Waals surface area contributed by atoms with Crippen molar-refractivity contribution in [1.29, 1.82) is 0 Å². The number of nitrogens with zero attached hydrogens (tertiary/aromatic N) is 2. The predicted octanol–water partition coefficient (Wildman–Crippen LogP) is 4.44. The number of aryl methyl sites for hydroxylation is 1. The van der Waals surface area contributed by atoms with Gasteiger partial charge in [-0.05, 0) is 36.8 Å². The maximum Gasteiger partial charge on any atom is 0.417 e. The summed E-state index contributed by atoms with van der Waals surface area (Å²) < 4.78 is 40.1. The number of fused-ring (bicyclic) bond motifs is 1. The molecule has 3 nitrogen and oxygen atoms in total. The van der Waals surface area contributed by atoms with Crippen LogP contribution in [0.15, 0.2) is 36.5 Å². The standard InChI is InChI=1S/C16H13ClF3N3/c1-9-6-10(2-4-12(9)17)15-13(7-21)23-8-11(16(18,19)20)3-5-14(23)22-15/h2-6,8H,7,21H2,1H3. The summed E-state index contributed by atoms with van der Waals surface area (Å²) in [6.45, 7) is 1.92. The van der Waals surface area contributed by atoms with Crippen LogP contribution in [0.25, 0.3) is 16.9 Å². The zero-order valence-electron chi connectivity index (χ0n) is 12.2. The van der Waals surface area contributed by atoms with Gasteiger partial charge in [0.1, 0.15) is 5.65 Å². The van der Waals surface area contributed by atoms with Crippen molar-refractivity contribution in [1.82, 2.24) is 9.38 Å². The first-order valence-corrected chi connectivity index (χ1v) is 7.24. The number of halogens is 4. The van der Waals surface area contributed by atoms with Gasteiger partial charge >= 0.3 is 6.18 Å². The van der Waals surface area contributed by atoms with Gasteiger partial charge in [-0.1, -0.05) is 17.7 Å². The van der Waals surface area contributed by atoms with Gasteiger partial charge in [0.2, 0.25) is 0 Å². The molecule has 0 atom stereocenters. The molecule has 2 aromatic heterocycles. The first-order valence-electron chi connectivity index (χ1n) is 6.86. The molecule has 0 amide bonds. The van der Waals surface area contributed by atoms with Crippen LogP contribution < -0.4 is 5.73 Å². The van der Waals surface area contributed by atoms with Crippen LogP contribution in [-0.4, -0.2) is 9.38 Å². The fourth-order valence-corrected chi connectivity index (χ4v) is 2.60. The van der Waals surface area contributed by atoms with Crippen molar-refractivity contribution in [3.63, 3.8) is 0 Å². The second-order valence-electron chi connectivity index (χ2n) is 5.22. The molecule has 0 bridgehead atoms. The van der Waals surface area contributed by atoms with Crippen LogP contribution >= 0.6 is 11.6 Å². The summed E-state index contributed by atoms with van der Waals surface area (Å²) in [7, 11) is 0. The Hall–Kier alpha value is -2.05. The van der Waals surface area contributed by atoms with Crippen LogP contribution in [0.1, 0.15) is 16.8 Å². The highest BCUT2D eigenvalue weighted by atomic mass is 35.5. The Kier molecular flexibility index (Phi) is 3.82. The Morgan fingerprint density at radius 3 is 2.57 bits per heavy atom. The summed E-state index contributed by atoms with van der Waals surface area (Å²) in [4.78, 5) is 4.42. The van der Waals surface area contributed by atoms with E-state index in [4.69, 9.17) is 17.3 Å². The molecule has 7 heteroatoms. The molecule has 0 saturated carbocycles. The van der Waals surface area contributed by atoms with E-state index >= 15 is 0 Å². The van der Waals surface area contributed by atoms with E-state index in [-0.39, 0.29) is 6.54 Å². The van der Waals surface area contributed by atoms with Crippen LogP contribution in [0.2, 0.25) is 5.02 Å². The van der Waals surface area contributed by atoms with E-state index < -0.39 is 11.7 Å². The maximum absolute atomic E-state index is 12.9. The lowest BCUT2D eigenvalue weighted by Gasteiger charge is -2.08. The Morgan fingerprint density at radius 1 is 1.22 bits per heavy atom. The smallest absolute Gasteiger partial charge is 0.325 e. The van der Waals surface area contributed by atoms with Crippen molar-refractivity contribution in [3.8, 4) is 11.3 Å². The minimum Gasteiger partial charge on any atom is -0.325 e. The molecule has 23 heavy (non-hydrogen) atoms. The van der Waals surface area contributed by atoms with Crippen LogP contribution in [0.5, 0.6) is 0 Å². The normalized spacial score (nSPS) is 12.1. The average Bonchev–Trinajstić information content (AvgIpc) is 2.86. The van der Waals surface area contributed by atoms with Gasteiger partial charge in [0.05, 0.1) is 17.0 Å². The third kappa shape index (κ3) is 2.80. The Morgan fingerprint density at radius 2 is 1.96 bits per heavy atom. The van der Waals surface area contributed by atoms with Crippen LogP contribution in [0, 0.1) is 6.92 Å². The highest BCUT2D eigenvalue weighted by Crippen LogP contribution is 2.32. The van der Waals surface area contributed by atoms with Crippen molar-refractivity contribution < 1.29 is 13.2 Å². The second kappa shape index (κ2) is 5.54. The predicted molar refractivity (Wildman–Crippen MR) is 83.3 cm³/mol. The van der Waals surface area contributed by atoms with Gasteiger partial charge in [0.25, 0.3) is 0 Å². The molecule has 2 N–H and O–H groups in total. The van der Waals surface area contributed by atoms with Crippen molar-refractivity contribution in [2.24, 2.45) is 5.73 Å². The van der Waals surface area contributed by atoms with Gasteiger partial charge in [0.15, 0.2) is 0 Å². The molecule has 0 spiro atoms. The summed E-state index contributed by atoms with van der Waals surface area (Å²) in [6, 6.07) is 7.71. The molecule has 0 fully saturated rings. The minimum atomic E-state index is -4.42. The first kappa shape index (κ1) is 15.8. The van der Waals surface area contributed by atoms with E-state index in [0.29, 0.717) is 22.1 Å². The lowest BCUT2D eigenvalue weighted by atomic mass is 10.1. The van der Waals surface area contributed by atoms with Gasteiger partial charge in [-0.2, -0.15) is 13.2 Å². The van der Waals surface area contributed by atoms with Gasteiger partial charge in [-0.3, -0.25) is 0 Å². The molecule has 0 saturated heterocycles. The van der Waals surface area contributed by atoms with E-state index in [0.717, 1.165) is 23.4 Å². The third-order valence-electron chi connectivity index (χ3n) is 3.67. The molecule has 2 heterocycles. The highest BCUT2D eigenvalue weighted by molar-refractivity contribution is 6.31. The van der Waals surface area contributed by atoms with E-state index in [1.54, 1.807) is 12.1 Å². The van der Waals surface area contributed by atoms with Crippen LogP contribution in [-0.2, 0) is 12.7 Å². The second-order valence-corrected chi connectivity index (χ2v) is 5.63. The fourth-order valence-electron chi connectivity index (χ4n) is 2.48. The van der Waals surface area contributed by atoms with Gasteiger partial charge in [-0.25, -0.2) is 4.98 Å². The largest absolute Gasteiger partial charge is 0.417 e. The van der Waals surface area contributed by atoms with Crippen molar-refractivity contribution in [3.05, 3.63) is 58.4 Å². The van der Waals surface area contributed by atoms with E-state index in [1.807, 2.05) is 13.0 Å². The summed E-state index contributed by atoms with van der Waals surface area (Å²) >= 11 is 6.02. The molecule has 3 aromatic rings. The molecule has 0 unspecified atom stereocenters. The summed E-state index contributed by atoms with van der Waals surface area (Å²) in [5.41, 5.74) is 8.15. The van der Waals surface area contributed by atoms with Gasteiger partial charge in [0, 0.05) is 23.3 Å². The number of pyridine rings is 1. The van der Waals surface area contributed by atoms with Crippen molar-refractivity contribution >= 4 is 17.2 Å². The SMILES string of the molecule is Cc1cc(-c2nc3ccc(C(F)(F)F)cn3c2CN)ccc1Cl. The highest BCUT2D eigenvalue weighted by Gasteiger charge is 2.31. The van der Waals surface area contributed by atoms with Crippen molar-refractivity contribution in [2.75, 3.05) is 0 Å². The Balaban J connectivity index is 2.23. The molecule has 120 valence electrons. The Labute approximate surface area is 135 Å². The molecule has 0 aliphatic rings. The summed E-state index contributed by atoms with van der Waals surface area (Å²) in [6.07, 6.45) is -3.39. The molecule has 1 aromatic carbocycles. The maximum atomic E-state index is 12.9. The molecule has 0 aliphatic heterocycles. The number of imidazole rings is 1. The van der Waals surface area contributed by atoms with Gasteiger partial charge < -0.3 is 10.1 Å². The number of alkyl halides is 3. The number of aromatic nitrogens is 2. The molecule has 3 rings (SSSR count). The molecular formula is C16H13ClF3N3. The molecular weight excluding hydrogens is 327 g/mol. The average molecular weight is 340 g/mol. The van der Waals surface area contributed by atoms with Crippen LogP contribution in [0.4, 0.5) is 13.2 Å². The zero-order valence-corrected chi connectivity index (χ0v) is 12.9. The van der Waals surface area contributed by atoms with Crippen molar-refractivity contribution in [2.45, 2.75) is 19.6 Å². The van der Waals surface area contributed by atoms with E-state index in [9.17, 15) is 13.2 Å². The lowest BCUT2D eigenvalue weighted by Crippen LogP contribution is -2.08. The molecule has 0 radical (unpaired) electrons. The third-order valence-corrected chi connectivity index (χ3v) is 4.09. The van der Waals surface area contributed by atoms with Gasteiger partial charge in [-0.15, -0.1) is 0 Å². The fraction of sp³-hybridized carbons (Fsp3) is 0.188. The number of rotatable bonds is 2. The van der Waals surface area contributed by atoms with Crippen LogP contribution in [0.3, 0.4) is 0 Å². The number of nitrogens with two attached hydrogens (primary N) is 1. The number of hydrogen-bond donors (Lipinski definition) is 1. The zero-order chi connectivity index (χ0) is 16.8. The monoisotopic (exact) mass is 339 g/mol. The Bertz CT molecular complexity index is 884. The quantitative estimate of drug-likeness (QED) is 0.750.